The van der Waals surface area contributed by atoms with E-state index in [0.29, 0.717) is 6.04 Å². The topological polar surface area (TPSA) is 29.9 Å². The molecule has 1 aliphatic heterocycles. The summed E-state index contributed by atoms with van der Waals surface area (Å²) in [6.07, 6.45) is 6.30. The van der Waals surface area contributed by atoms with Gasteiger partial charge < -0.3 is 14.3 Å². The Kier molecular flexibility index (Phi) is 3.73. The smallest absolute Gasteiger partial charge is 0.177 e. The summed E-state index contributed by atoms with van der Waals surface area (Å²) in [4.78, 5) is 3.13. The Balaban J connectivity index is 2.26. The van der Waals surface area contributed by atoms with Crippen molar-refractivity contribution in [3.63, 3.8) is 0 Å². The lowest BCUT2D eigenvalue weighted by Crippen LogP contribution is -2.39. The van der Waals surface area contributed by atoms with Crippen molar-refractivity contribution >= 4 is 12.2 Å². The Morgan fingerprint density at radius 1 is 1.53 bits per heavy atom. The molecule has 0 amide bonds. The number of aromatic nitrogens is 2. The standard InChI is InChI=1S/C13H22N2OS/c1-4-13(5-2)8-11(6-7-16-13)15-10(3)9-14-12(15)17/h9,11H,4-8H2,1-3H3,(H,14,17). The van der Waals surface area contributed by atoms with E-state index in [-0.39, 0.29) is 5.60 Å². The Labute approximate surface area is 108 Å². The molecule has 1 aliphatic rings. The normalized spacial score (nSPS) is 23.8. The number of hydrogen-bond acceptors (Lipinski definition) is 2. The van der Waals surface area contributed by atoms with Gasteiger partial charge >= 0.3 is 0 Å². The summed E-state index contributed by atoms with van der Waals surface area (Å²) in [6.45, 7) is 7.39. The van der Waals surface area contributed by atoms with E-state index in [1.165, 1.54) is 5.69 Å². The molecule has 0 radical (unpaired) electrons. The van der Waals surface area contributed by atoms with Gasteiger partial charge in [-0.25, -0.2) is 0 Å². The number of hydrogen-bond donors (Lipinski definition) is 1. The number of ether oxygens (including phenoxy) is 1. The number of nitrogens with zero attached hydrogens (tertiary/aromatic N) is 1. The molecule has 1 atom stereocenters. The number of imidazole rings is 1. The minimum atomic E-state index is 0.0569. The highest BCUT2D eigenvalue weighted by molar-refractivity contribution is 7.71. The molecular weight excluding hydrogens is 232 g/mol. The maximum Gasteiger partial charge on any atom is 0.177 e. The Morgan fingerprint density at radius 3 is 2.76 bits per heavy atom. The molecule has 1 aromatic rings. The third-order valence-electron chi connectivity index (χ3n) is 4.12. The van der Waals surface area contributed by atoms with Gasteiger partial charge in [0.2, 0.25) is 0 Å². The van der Waals surface area contributed by atoms with Gasteiger partial charge in [0.15, 0.2) is 4.77 Å². The van der Waals surface area contributed by atoms with Crippen LogP contribution in [0, 0.1) is 11.7 Å². The van der Waals surface area contributed by atoms with Crippen molar-refractivity contribution in [2.75, 3.05) is 6.61 Å². The zero-order valence-electron chi connectivity index (χ0n) is 11.0. The van der Waals surface area contributed by atoms with Crippen LogP contribution in [0.15, 0.2) is 6.20 Å². The van der Waals surface area contributed by atoms with Crippen molar-refractivity contribution in [3.05, 3.63) is 16.7 Å². The van der Waals surface area contributed by atoms with Crippen LogP contribution in [0.25, 0.3) is 0 Å². The van der Waals surface area contributed by atoms with Gasteiger partial charge in [-0.1, -0.05) is 13.8 Å². The van der Waals surface area contributed by atoms with E-state index in [1.807, 2.05) is 6.20 Å². The first-order chi connectivity index (χ1) is 8.12. The van der Waals surface area contributed by atoms with Gasteiger partial charge in [0.05, 0.1) is 5.60 Å². The van der Waals surface area contributed by atoms with Crippen molar-refractivity contribution in [1.29, 1.82) is 0 Å². The van der Waals surface area contributed by atoms with Crippen LogP contribution < -0.4 is 0 Å². The van der Waals surface area contributed by atoms with Crippen molar-refractivity contribution in [2.45, 2.75) is 58.1 Å². The third kappa shape index (κ3) is 2.33. The van der Waals surface area contributed by atoms with Crippen LogP contribution in [0.3, 0.4) is 0 Å². The molecule has 1 saturated heterocycles. The average molecular weight is 254 g/mol. The molecule has 0 spiro atoms. The van der Waals surface area contributed by atoms with Crippen LogP contribution in [-0.2, 0) is 4.74 Å². The second-order valence-electron chi connectivity index (χ2n) is 4.99. The lowest BCUT2D eigenvalue weighted by Gasteiger charge is -2.40. The molecule has 3 nitrogen and oxygen atoms in total. The van der Waals surface area contributed by atoms with Gasteiger partial charge in [-0.2, -0.15) is 0 Å². The number of H-pyrrole nitrogens is 1. The van der Waals surface area contributed by atoms with Crippen LogP contribution in [-0.4, -0.2) is 21.8 Å². The van der Waals surface area contributed by atoms with Crippen LogP contribution in [0.5, 0.6) is 0 Å². The van der Waals surface area contributed by atoms with E-state index in [9.17, 15) is 0 Å². The van der Waals surface area contributed by atoms with E-state index < -0.39 is 0 Å². The highest BCUT2D eigenvalue weighted by atomic mass is 32.1. The fourth-order valence-electron chi connectivity index (χ4n) is 2.88. The van der Waals surface area contributed by atoms with Gasteiger partial charge in [0.1, 0.15) is 0 Å². The minimum absolute atomic E-state index is 0.0569. The molecule has 2 rings (SSSR count). The summed E-state index contributed by atoms with van der Waals surface area (Å²) in [7, 11) is 0. The molecule has 1 aromatic heterocycles. The molecular formula is C13H22N2OS. The van der Waals surface area contributed by atoms with Crippen molar-refractivity contribution < 1.29 is 4.74 Å². The Morgan fingerprint density at radius 2 is 2.24 bits per heavy atom. The van der Waals surface area contributed by atoms with E-state index in [2.05, 4.69) is 30.3 Å². The molecule has 1 fully saturated rings. The van der Waals surface area contributed by atoms with Gasteiger partial charge in [-0.05, 0) is 44.8 Å². The molecule has 17 heavy (non-hydrogen) atoms. The van der Waals surface area contributed by atoms with E-state index in [0.717, 1.165) is 37.1 Å². The first kappa shape index (κ1) is 12.8. The first-order valence-corrected chi connectivity index (χ1v) is 6.93. The molecule has 96 valence electrons. The molecule has 4 heteroatoms. The van der Waals surface area contributed by atoms with Crippen LogP contribution in [0.2, 0.25) is 0 Å². The summed E-state index contributed by atoms with van der Waals surface area (Å²) < 4.78 is 9.12. The molecule has 0 bridgehead atoms. The zero-order chi connectivity index (χ0) is 12.5. The van der Waals surface area contributed by atoms with Crippen LogP contribution in [0.1, 0.15) is 51.3 Å². The lowest BCUT2D eigenvalue weighted by molar-refractivity contribution is -0.0990. The van der Waals surface area contributed by atoms with Gasteiger partial charge in [-0.3, -0.25) is 0 Å². The third-order valence-corrected chi connectivity index (χ3v) is 4.44. The molecule has 1 N–H and O–H groups in total. The average Bonchev–Trinajstić information content (AvgIpc) is 2.69. The summed E-state index contributed by atoms with van der Waals surface area (Å²) in [5, 5.41) is 0. The second-order valence-corrected chi connectivity index (χ2v) is 5.38. The van der Waals surface area contributed by atoms with Crippen molar-refractivity contribution in [3.8, 4) is 0 Å². The molecule has 0 aliphatic carbocycles. The summed E-state index contributed by atoms with van der Waals surface area (Å²) in [6, 6.07) is 0.488. The zero-order valence-corrected chi connectivity index (χ0v) is 11.8. The second kappa shape index (κ2) is 4.94. The monoisotopic (exact) mass is 254 g/mol. The minimum Gasteiger partial charge on any atom is -0.375 e. The maximum atomic E-state index is 6.01. The van der Waals surface area contributed by atoms with E-state index >= 15 is 0 Å². The molecule has 0 saturated carbocycles. The SMILES string of the molecule is CCC1(CC)CC(n2c(C)c[nH]c2=S)CCO1. The Hall–Kier alpha value is -0.610. The highest BCUT2D eigenvalue weighted by Gasteiger charge is 2.35. The predicted octanol–water partition coefficient (Wildman–Crippen LogP) is 3.76. The Bertz CT molecular complexity index is 431. The number of rotatable bonds is 3. The first-order valence-electron chi connectivity index (χ1n) is 6.52. The molecule has 1 unspecified atom stereocenters. The van der Waals surface area contributed by atoms with Gasteiger partial charge in [0.25, 0.3) is 0 Å². The summed E-state index contributed by atoms with van der Waals surface area (Å²) in [5.74, 6) is 0. The highest BCUT2D eigenvalue weighted by Crippen LogP contribution is 2.37. The lowest BCUT2D eigenvalue weighted by atomic mass is 9.86. The fraction of sp³-hybridized carbons (Fsp3) is 0.769. The van der Waals surface area contributed by atoms with Crippen LogP contribution in [0.4, 0.5) is 0 Å². The number of aromatic amines is 1. The summed E-state index contributed by atoms with van der Waals surface area (Å²) in [5.41, 5.74) is 1.28. The fourth-order valence-corrected chi connectivity index (χ4v) is 3.24. The van der Waals surface area contributed by atoms with E-state index in [1.54, 1.807) is 0 Å². The predicted molar refractivity (Wildman–Crippen MR) is 71.9 cm³/mol. The summed E-state index contributed by atoms with van der Waals surface area (Å²) >= 11 is 5.37. The van der Waals surface area contributed by atoms with Gasteiger partial charge in [-0.15, -0.1) is 0 Å². The molecule has 0 aromatic carbocycles. The number of nitrogens with one attached hydrogen (secondary N) is 1. The van der Waals surface area contributed by atoms with E-state index in [4.69, 9.17) is 17.0 Å². The molecule has 2 heterocycles. The maximum absolute atomic E-state index is 6.01. The van der Waals surface area contributed by atoms with Crippen LogP contribution >= 0.6 is 12.2 Å². The number of aryl methyl sites for hydroxylation is 1. The van der Waals surface area contributed by atoms with Gasteiger partial charge in [0, 0.05) is 24.5 Å². The quantitative estimate of drug-likeness (QED) is 0.832. The van der Waals surface area contributed by atoms with Crippen molar-refractivity contribution in [2.24, 2.45) is 0 Å². The van der Waals surface area contributed by atoms with Crippen molar-refractivity contribution in [1.82, 2.24) is 9.55 Å². The largest absolute Gasteiger partial charge is 0.375 e.